The molecule has 0 bridgehead atoms. The van der Waals surface area contributed by atoms with Gasteiger partial charge >= 0.3 is 0 Å². The maximum atomic E-state index is 12.1. The molecule has 1 aromatic carbocycles. The van der Waals surface area contributed by atoms with Crippen LogP contribution in [0.1, 0.15) is 13.3 Å². The molecule has 19 heavy (non-hydrogen) atoms. The Labute approximate surface area is 118 Å². The van der Waals surface area contributed by atoms with Crippen LogP contribution in [0.2, 0.25) is 0 Å². The first kappa shape index (κ1) is 16.5. The normalized spacial score (nSPS) is 12.5. The lowest BCUT2D eigenvalue weighted by atomic mass is 10.4. The maximum absolute atomic E-state index is 12.1. The number of nitrogens with two attached hydrogens (primary N) is 1. The summed E-state index contributed by atoms with van der Waals surface area (Å²) in [6, 6.07) is 6.61. The van der Waals surface area contributed by atoms with Gasteiger partial charge in [0.05, 0.1) is 16.4 Å². The van der Waals surface area contributed by atoms with Gasteiger partial charge in [-0.15, -0.1) is 11.8 Å². The van der Waals surface area contributed by atoms with Crippen molar-refractivity contribution in [2.24, 2.45) is 5.14 Å². The maximum Gasteiger partial charge on any atom is 0.209 e. The SMILES string of the molecule is CCCS(=O)(=O)c1ccccc1SCCS(N)(=O)=O. The van der Waals surface area contributed by atoms with Gasteiger partial charge in [0.1, 0.15) is 0 Å². The molecule has 0 aromatic heterocycles. The fraction of sp³-hybridized carbons (Fsp3) is 0.455. The zero-order valence-corrected chi connectivity index (χ0v) is 13.0. The van der Waals surface area contributed by atoms with E-state index in [1.54, 1.807) is 31.2 Å². The zero-order valence-electron chi connectivity index (χ0n) is 10.6. The molecular formula is C11H17NO4S3. The number of hydrogen-bond donors (Lipinski definition) is 1. The Bertz CT molecular complexity index is 623. The molecular weight excluding hydrogens is 306 g/mol. The molecule has 2 N–H and O–H groups in total. The summed E-state index contributed by atoms with van der Waals surface area (Å²) >= 11 is 1.19. The molecule has 1 aromatic rings. The summed E-state index contributed by atoms with van der Waals surface area (Å²) in [5.74, 6) is 0.136. The first-order chi connectivity index (χ1) is 8.76. The number of benzene rings is 1. The monoisotopic (exact) mass is 323 g/mol. The van der Waals surface area contributed by atoms with Crippen molar-refractivity contribution in [1.82, 2.24) is 0 Å². The fourth-order valence-corrected chi connectivity index (χ4v) is 5.32. The Hall–Kier alpha value is -0.570. The van der Waals surface area contributed by atoms with Crippen molar-refractivity contribution in [2.45, 2.75) is 23.1 Å². The smallest absolute Gasteiger partial charge is 0.209 e. The molecule has 0 saturated carbocycles. The van der Waals surface area contributed by atoms with Crippen LogP contribution in [0.15, 0.2) is 34.1 Å². The van der Waals surface area contributed by atoms with Crippen molar-refractivity contribution in [3.63, 3.8) is 0 Å². The third-order valence-corrected chi connectivity index (χ3v) is 6.49. The molecule has 0 radical (unpaired) electrons. The molecule has 0 spiro atoms. The molecule has 0 fully saturated rings. The van der Waals surface area contributed by atoms with E-state index in [0.717, 1.165) is 0 Å². The molecule has 8 heteroatoms. The Balaban J connectivity index is 2.91. The van der Waals surface area contributed by atoms with E-state index in [4.69, 9.17) is 5.14 Å². The third kappa shape index (κ3) is 5.52. The van der Waals surface area contributed by atoms with Gasteiger partial charge in [0.25, 0.3) is 0 Å². The topological polar surface area (TPSA) is 94.3 Å². The Morgan fingerprint density at radius 1 is 1.11 bits per heavy atom. The van der Waals surface area contributed by atoms with Crippen molar-refractivity contribution >= 4 is 31.6 Å². The quantitative estimate of drug-likeness (QED) is 0.762. The summed E-state index contributed by atoms with van der Waals surface area (Å²) in [6.07, 6.45) is 0.540. The van der Waals surface area contributed by atoms with E-state index in [9.17, 15) is 16.8 Å². The molecule has 0 atom stereocenters. The highest BCUT2D eigenvalue weighted by Crippen LogP contribution is 2.27. The fourth-order valence-electron chi connectivity index (χ4n) is 1.47. The highest BCUT2D eigenvalue weighted by atomic mass is 32.2. The van der Waals surface area contributed by atoms with Gasteiger partial charge in [0, 0.05) is 10.6 Å². The van der Waals surface area contributed by atoms with E-state index in [2.05, 4.69) is 0 Å². The number of sulfonamides is 1. The minimum absolute atomic E-state index is 0.0831. The van der Waals surface area contributed by atoms with Crippen LogP contribution in [0.3, 0.4) is 0 Å². The standard InChI is InChI=1S/C11H17NO4S3/c1-2-8-18(13,14)11-6-4-3-5-10(11)17-7-9-19(12,15)16/h3-6H,2,7-9H2,1H3,(H2,12,15,16). The van der Waals surface area contributed by atoms with Crippen molar-refractivity contribution in [3.05, 3.63) is 24.3 Å². The molecule has 0 aliphatic carbocycles. The van der Waals surface area contributed by atoms with E-state index in [0.29, 0.717) is 11.3 Å². The first-order valence-electron chi connectivity index (χ1n) is 5.71. The summed E-state index contributed by atoms with van der Waals surface area (Å²) in [5, 5.41) is 4.91. The van der Waals surface area contributed by atoms with Crippen LogP contribution in [0.5, 0.6) is 0 Å². The van der Waals surface area contributed by atoms with E-state index in [1.165, 1.54) is 11.8 Å². The molecule has 0 heterocycles. The van der Waals surface area contributed by atoms with Gasteiger partial charge in [-0.1, -0.05) is 19.1 Å². The van der Waals surface area contributed by atoms with Crippen molar-refractivity contribution < 1.29 is 16.8 Å². The zero-order chi connectivity index (χ0) is 14.5. The molecule has 0 amide bonds. The van der Waals surface area contributed by atoms with Crippen molar-refractivity contribution in [2.75, 3.05) is 17.3 Å². The largest absolute Gasteiger partial charge is 0.229 e. The van der Waals surface area contributed by atoms with Gasteiger partial charge in [-0.2, -0.15) is 0 Å². The number of hydrogen-bond acceptors (Lipinski definition) is 5. The second-order valence-electron chi connectivity index (χ2n) is 3.98. The predicted molar refractivity (Wildman–Crippen MR) is 77.5 cm³/mol. The van der Waals surface area contributed by atoms with Crippen molar-refractivity contribution in [1.29, 1.82) is 0 Å². The minimum atomic E-state index is -3.52. The van der Waals surface area contributed by atoms with E-state index < -0.39 is 19.9 Å². The lowest BCUT2D eigenvalue weighted by molar-refractivity contribution is 0.592. The summed E-state index contributed by atoms with van der Waals surface area (Å²) in [7, 11) is -6.83. The number of rotatable bonds is 7. The van der Waals surface area contributed by atoms with Crippen LogP contribution in [0.4, 0.5) is 0 Å². The van der Waals surface area contributed by atoms with Gasteiger partial charge in [-0.3, -0.25) is 0 Å². The molecule has 5 nitrogen and oxygen atoms in total. The van der Waals surface area contributed by atoms with Gasteiger partial charge < -0.3 is 0 Å². The summed E-state index contributed by atoms with van der Waals surface area (Å²) < 4.78 is 45.8. The second kappa shape index (κ2) is 6.74. The van der Waals surface area contributed by atoms with Crippen LogP contribution in [0, 0.1) is 0 Å². The predicted octanol–water partition coefficient (Wildman–Crippen LogP) is 1.25. The highest BCUT2D eigenvalue weighted by molar-refractivity contribution is 8.01. The van der Waals surface area contributed by atoms with Gasteiger partial charge in [0.2, 0.25) is 10.0 Å². The molecule has 0 aliphatic heterocycles. The van der Waals surface area contributed by atoms with Crippen LogP contribution in [-0.4, -0.2) is 34.1 Å². The van der Waals surface area contributed by atoms with Crippen molar-refractivity contribution in [3.8, 4) is 0 Å². The molecule has 0 unspecified atom stereocenters. The third-order valence-electron chi connectivity index (χ3n) is 2.28. The molecule has 108 valence electrons. The summed E-state index contributed by atoms with van der Waals surface area (Å²) in [5.41, 5.74) is 0. The Morgan fingerprint density at radius 3 is 2.32 bits per heavy atom. The van der Waals surface area contributed by atoms with Crippen LogP contribution in [-0.2, 0) is 19.9 Å². The van der Waals surface area contributed by atoms with Gasteiger partial charge in [0.15, 0.2) is 9.84 Å². The second-order valence-corrected chi connectivity index (χ2v) is 8.93. The number of thioether (sulfide) groups is 1. The average Bonchev–Trinajstić information content (AvgIpc) is 2.27. The van der Waals surface area contributed by atoms with E-state index in [-0.39, 0.29) is 22.2 Å². The first-order valence-corrected chi connectivity index (χ1v) is 10.1. The lowest BCUT2D eigenvalue weighted by Gasteiger charge is -2.09. The van der Waals surface area contributed by atoms with Gasteiger partial charge in [-0.05, 0) is 18.6 Å². The average molecular weight is 323 g/mol. The summed E-state index contributed by atoms with van der Waals surface area (Å²) in [6.45, 7) is 1.80. The van der Waals surface area contributed by atoms with Gasteiger partial charge in [-0.25, -0.2) is 22.0 Å². The van der Waals surface area contributed by atoms with Crippen LogP contribution in [0.25, 0.3) is 0 Å². The van der Waals surface area contributed by atoms with Crippen LogP contribution < -0.4 is 5.14 Å². The minimum Gasteiger partial charge on any atom is -0.229 e. The Morgan fingerprint density at radius 2 is 1.74 bits per heavy atom. The Kier molecular flexibility index (Phi) is 5.84. The van der Waals surface area contributed by atoms with E-state index in [1.807, 2.05) is 0 Å². The molecule has 0 saturated heterocycles. The van der Waals surface area contributed by atoms with E-state index >= 15 is 0 Å². The number of sulfone groups is 1. The summed E-state index contributed by atoms with van der Waals surface area (Å²) in [4.78, 5) is 0.830. The lowest BCUT2D eigenvalue weighted by Crippen LogP contribution is -2.18. The van der Waals surface area contributed by atoms with Crippen LogP contribution >= 0.6 is 11.8 Å². The highest BCUT2D eigenvalue weighted by Gasteiger charge is 2.17. The molecule has 0 aliphatic rings. The molecule has 1 rings (SSSR count). The number of primary sulfonamides is 1.